The summed E-state index contributed by atoms with van der Waals surface area (Å²) in [5, 5.41) is 10.5. The Bertz CT molecular complexity index is 500. The van der Waals surface area contributed by atoms with Crippen LogP contribution in [0.2, 0.25) is 0 Å². The highest BCUT2D eigenvalue weighted by atomic mass is 16.6. The average molecular weight is 264 g/mol. The first-order chi connectivity index (χ1) is 8.83. The van der Waals surface area contributed by atoms with Crippen molar-refractivity contribution in [2.75, 3.05) is 0 Å². The second-order valence-corrected chi connectivity index (χ2v) is 7.12. The molecule has 1 N–H and O–H groups in total. The number of carbonyl (C=O) groups excluding carboxylic acids is 1. The van der Waals surface area contributed by atoms with Gasteiger partial charge < -0.3 is 14.6 Å². The predicted octanol–water partition coefficient (Wildman–Crippen LogP) is 1.57. The van der Waals surface area contributed by atoms with Crippen molar-refractivity contribution in [3.63, 3.8) is 0 Å². The minimum absolute atomic E-state index is 0.0627. The van der Waals surface area contributed by atoms with E-state index in [0.29, 0.717) is 12.0 Å². The molecule has 0 aromatic heterocycles. The van der Waals surface area contributed by atoms with Crippen LogP contribution in [0.3, 0.4) is 0 Å². The third-order valence-electron chi connectivity index (χ3n) is 6.31. The highest BCUT2D eigenvalue weighted by Crippen LogP contribution is 2.72. The molecule has 2 saturated heterocycles. The van der Waals surface area contributed by atoms with Gasteiger partial charge in [0.25, 0.3) is 0 Å². The Balaban J connectivity index is 1.77. The van der Waals surface area contributed by atoms with Gasteiger partial charge in [-0.3, -0.25) is 0 Å². The van der Waals surface area contributed by atoms with Gasteiger partial charge in [-0.2, -0.15) is 0 Å². The molecule has 2 saturated carbocycles. The van der Waals surface area contributed by atoms with E-state index < -0.39 is 0 Å². The Hall–Kier alpha value is -0.870. The first-order valence-electron chi connectivity index (χ1n) is 7.11. The first kappa shape index (κ1) is 11.9. The molecule has 1 spiro atoms. The molecule has 4 aliphatic rings. The number of fused-ring (bicyclic) bond motifs is 1. The number of rotatable bonds is 0. The molecule has 4 rings (SSSR count). The molecule has 2 aliphatic carbocycles. The van der Waals surface area contributed by atoms with Gasteiger partial charge in [0, 0.05) is 16.9 Å². The first-order valence-corrected chi connectivity index (χ1v) is 7.11. The lowest BCUT2D eigenvalue weighted by Crippen LogP contribution is -2.58. The summed E-state index contributed by atoms with van der Waals surface area (Å²) in [5.74, 6) is -0.210. The van der Waals surface area contributed by atoms with E-state index in [0.717, 1.165) is 19.3 Å². The molecule has 6 atom stereocenters. The van der Waals surface area contributed by atoms with E-state index in [1.54, 1.807) is 0 Å². The van der Waals surface area contributed by atoms with E-state index in [-0.39, 0.29) is 40.7 Å². The standard InChI is InChI=1S/C15H20O4/c1-8-9-6-15-13(2,7-10(9)18-12(8)17)11(16)4-5-14(15,3)19-15/h9-11,16H,1,4-7H2,2-3H3/t9-,10+,11+,13-,14+,15-/m0/s1. The van der Waals surface area contributed by atoms with Crippen LogP contribution in [0.4, 0.5) is 0 Å². The quantitative estimate of drug-likeness (QED) is 0.410. The topological polar surface area (TPSA) is 59.1 Å². The summed E-state index contributed by atoms with van der Waals surface area (Å²) in [6, 6.07) is 0. The molecule has 4 heteroatoms. The minimum atomic E-state index is -0.378. The van der Waals surface area contributed by atoms with Crippen LogP contribution >= 0.6 is 0 Å². The van der Waals surface area contributed by atoms with Gasteiger partial charge in [-0.25, -0.2) is 4.79 Å². The van der Waals surface area contributed by atoms with Crippen LogP contribution in [0.1, 0.15) is 39.5 Å². The van der Waals surface area contributed by atoms with Crippen LogP contribution in [-0.4, -0.2) is 34.5 Å². The summed E-state index contributed by atoms with van der Waals surface area (Å²) in [6.45, 7) is 8.11. The van der Waals surface area contributed by atoms with Crippen LogP contribution < -0.4 is 0 Å². The smallest absolute Gasteiger partial charge is 0.334 e. The fourth-order valence-corrected chi connectivity index (χ4v) is 4.96. The van der Waals surface area contributed by atoms with E-state index in [4.69, 9.17) is 9.47 Å². The number of epoxide rings is 1. The summed E-state index contributed by atoms with van der Waals surface area (Å²) in [5.41, 5.74) is -0.168. The number of esters is 1. The van der Waals surface area contributed by atoms with E-state index in [2.05, 4.69) is 20.4 Å². The molecular weight excluding hydrogens is 244 g/mol. The fraction of sp³-hybridized carbons (Fsp3) is 0.800. The molecule has 4 nitrogen and oxygen atoms in total. The lowest BCUT2D eigenvalue weighted by molar-refractivity contribution is -0.148. The number of carbonyl (C=O) groups is 1. The zero-order valence-corrected chi connectivity index (χ0v) is 11.4. The van der Waals surface area contributed by atoms with Gasteiger partial charge in [-0.05, 0) is 32.6 Å². The molecular formula is C15H20O4. The normalized spacial score (nSPS) is 59.0. The molecule has 0 bridgehead atoms. The molecule has 0 radical (unpaired) electrons. The molecule has 4 fully saturated rings. The summed E-state index contributed by atoms with van der Waals surface area (Å²) >= 11 is 0. The van der Waals surface area contributed by atoms with Crippen molar-refractivity contribution >= 4 is 5.97 Å². The molecule has 104 valence electrons. The number of ether oxygens (including phenoxy) is 2. The van der Waals surface area contributed by atoms with E-state index >= 15 is 0 Å². The van der Waals surface area contributed by atoms with Gasteiger partial charge in [0.05, 0.1) is 11.7 Å². The van der Waals surface area contributed by atoms with Gasteiger partial charge in [-0.1, -0.05) is 13.5 Å². The predicted molar refractivity (Wildman–Crippen MR) is 67.3 cm³/mol. The maximum absolute atomic E-state index is 11.7. The van der Waals surface area contributed by atoms with Gasteiger partial charge in [0.15, 0.2) is 0 Å². The lowest BCUT2D eigenvalue weighted by Gasteiger charge is -2.50. The summed E-state index contributed by atoms with van der Waals surface area (Å²) < 4.78 is 11.6. The zero-order valence-electron chi connectivity index (χ0n) is 11.4. The zero-order chi connectivity index (χ0) is 13.6. The van der Waals surface area contributed by atoms with Crippen molar-refractivity contribution in [2.24, 2.45) is 11.3 Å². The second kappa shape index (κ2) is 3.07. The van der Waals surface area contributed by atoms with Crippen molar-refractivity contribution < 1.29 is 19.4 Å². The van der Waals surface area contributed by atoms with E-state index in [1.165, 1.54) is 0 Å². The van der Waals surface area contributed by atoms with Gasteiger partial charge in [0.2, 0.25) is 0 Å². The molecule has 0 amide bonds. The Kier molecular flexibility index (Phi) is 1.92. The average Bonchev–Trinajstić information content (AvgIpc) is 2.88. The van der Waals surface area contributed by atoms with Crippen molar-refractivity contribution in [3.05, 3.63) is 12.2 Å². The Labute approximate surface area is 112 Å². The van der Waals surface area contributed by atoms with Crippen LogP contribution in [0.5, 0.6) is 0 Å². The Morgan fingerprint density at radius 2 is 2.11 bits per heavy atom. The highest BCUT2D eigenvalue weighted by molar-refractivity contribution is 5.91. The van der Waals surface area contributed by atoms with Gasteiger partial charge in [-0.15, -0.1) is 0 Å². The lowest BCUT2D eigenvalue weighted by atomic mass is 9.53. The third kappa shape index (κ3) is 1.12. The molecule has 2 heterocycles. The van der Waals surface area contributed by atoms with Crippen molar-refractivity contribution in [2.45, 2.75) is 62.9 Å². The molecule has 0 aromatic rings. The van der Waals surface area contributed by atoms with E-state index in [9.17, 15) is 9.90 Å². The Morgan fingerprint density at radius 1 is 1.37 bits per heavy atom. The second-order valence-electron chi connectivity index (χ2n) is 7.12. The maximum atomic E-state index is 11.7. The van der Waals surface area contributed by atoms with Crippen molar-refractivity contribution in [1.82, 2.24) is 0 Å². The molecule has 2 aliphatic heterocycles. The number of hydrogen-bond acceptors (Lipinski definition) is 4. The monoisotopic (exact) mass is 264 g/mol. The summed E-state index contributed by atoms with van der Waals surface area (Å²) in [4.78, 5) is 11.7. The summed E-state index contributed by atoms with van der Waals surface area (Å²) in [7, 11) is 0. The number of aliphatic hydroxyl groups is 1. The highest BCUT2D eigenvalue weighted by Gasteiger charge is 2.80. The maximum Gasteiger partial charge on any atom is 0.334 e. The van der Waals surface area contributed by atoms with Crippen molar-refractivity contribution in [1.29, 1.82) is 0 Å². The fourth-order valence-electron chi connectivity index (χ4n) is 4.96. The number of hydrogen-bond donors (Lipinski definition) is 1. The minimum Gasteiger partial charge on any atom is -0.458 e. The van der Waals surface area contributed by atoms with Crippen molar-refractivity contribution in [3.8, 4) is 0 Å². The third-order valence-corrected chi connectivity index (χ3v) is 6.31. The summed E-state index contributed by atoms with van der Waals surface area (Å²) in [6.07, 6.45) is 2.59. The SMILES string of the molecule is C=C1C(=O)O[C@@H]2C[C@@]3(C)[C@H](O)CC[C@@]4(C)O[C@]43C[C@@H]12. The van der Waals surface area contributed by atoms with Gasteiger partial charge >= 0.3 is 5.97 Å². The van der Waals surface area contributed by atoms with Crippen LogP contribution in [-0.2, 0) is 14.3 Å². The molecule has 0 aromatic carbocycles. The van der Waals surface area contributed by atoms with Crippen LogP contribution in [0.15, 0.2) is 12.2 Å². The Morgan fingerprint density at radius 3 is 2.84 bits per heavy atom. The van der Waals surface area contributed by atoms with E-state index in [1.807, 2.05) is 0 Å². The van der Waals surface area contributed by atoms with Crippen LogP contribution in [0, 0.1) is 11.3 Å². The molecule has 0 unspecified atom stereocenters. The largest absolute Gasteiger partial charge is 0.458 e. The van der Waals surface area contributed by atoms with Gasteiger partial charge in [0.1, 0.15) is 11.7 Å². The number of aliphatic hydroxyl groups excluding tert-OH is 1. The van der Waals surface area contributed by atoms with Crippen LogP contribution in [0.25, 0.3) is 0 Å². The molecule has 19 heavy (non-hydrogen) atoms.